The van der Waals surface area contributed by atoms with Gasteiger partial charge in [0.1, 0.15) is 11.8 Å². The average Bonchev–Trinajstić information content (AvgIpc) is 2.35. The highest BCUT2D eigenvalue weighted by Crippen LogP contribution is 2.27. The zero-order chi connectivity index (χ0) is 15.3. The maximum atomic E-state index is 11.6. The smallest absolute Gasteiger partial charge is 0.325 e. The first-order valence-electron chi connectivity index (χ1n) is 6.56. The summed E-state index contributed by atoms with van der Waals surface area (Å²) in [6.07, 6.45) is 0. The van der Waals surface area contributed by atoms with Crippen molar-refractivity contribution in [3.63, 3.8) is 0 Å². The maximum absolute atomic E-state index is 11.6. The molecule has 0 aliphatic carbocycles. The van der Waals surface area contributed by atoms with Crippen LogP contribution in [-0.2, 0) is 9.59 Å². The number of carbonyl (C=O) groups excluding carboxylic acids is 1. The molecule has 1 unspecified atom stereocenters. The number of hydrogen-bond acceptors (Lipinski definition) is 3. The highest BCUT2D eigenvalue weighted by molar-refractivity contribution is 5.84. The Kier molecular flexibility index (Phi) is 5.55. The lowest BCUT2D eigenvalue weighted by atomic mass is 10.0. The molecule has 1 atom stereocenters. The third kappa shape index (κ3) is 4.57. The first-order valence-corrected chi connectivity index (χ1v) is 6.56. The quantitative estimate of drug-likeness (QED) is 0.836. The van der Waals surface area contributed by atoms with E-state index in [-0.39, 0.29) is 12.5 Å². The molecule has 1 aromatic rings. The molecule has 0 aliphatic heterocycles. The Morgan fingerprint density at radius 1 is 1.30 bits per heavy atom. The molecule has 0 fully saturated rings. The Bertz CT molecular complexity index is 497. The van der Waals surface area contributed by atoms with Gasteiger partial charge in [-0.2, -0.15) is 0 Å². The SMILES string of the molecule is Cc1ccc(C(C)C)c(OCC(=O)NC(C)C(=O)O)c1. The number of benzene rings is 1. The van der Waals surface area contributed by atoms with Crippen molar-refractivity contribution in [2.24, 2.45) is 0 Å². The minimum absolute atomic E-state index is 0.194. The van der Waals surface area contributed by atoms with Crippen LogP contribution in [0.1, 0.15) is 37.8 Å². The minimum atomic E-state index is -1.07. The van der Waals surface area contributed by atoms with Crippen LogP contribution in [0, 0.1) is 6.92 Å². The van der Waals surface area contributed by atoms with E-state index in [1.165, 1.54) is 6.92 Å². The molecule has 0 saturated heterocycles. The minimum Gasteiger partial charge on any atom is -0.483 e. The Balaban J connectivity index is 2.67. The summed E-state index contributed by atoms with van der Waals surface area (Å²) in [5.74, 6) is -0.572. The van der Waals surface area contributed by atoms with Gasteiger partial charge in [0, 0.05) is 0 Å². The molecule has 0 radical (unpaired) electrons. The largest absolute Gasteiger partial charge is 0.483 e. The van der Waals surface area contributed by atoms with Crippen LogP contribution in [0.15, 0.2) is 18.2 Å². The number of nitrogens with one attached hydrogen (secondary N) is 1. The second-order valence-electron chi connectivity index (χ2n) is 5.11. The third-order valence-electron chi connectivity index (χ3n) is 2.90. The summed E-state index contributed by atoms with van der Waals surface area (Å²) in [7, 11) is 0. The molecule has 20 heavy (non-hydrogen) atoms. The van der Waals surface area contributed by atoms with Crippen LogP contribution in [0.5, 0.6) is 5.75 Å². The Labute approximate surface area is 118 Å². The van der Waals surface area contributed by atoms with E-state index in [2.05, 4.69) is 5.32 Å². The van der Waals surface area contributed by atoms with Gasteiger partial charge in [0.05, 0.1) is 0 Å². The summed E-state index contributed by atoms with van der Waals surface area (Å²) >= 11 is 0. The molecule has 0 aromatic heterocycles. The second-order valence-corrected chi connectivity index (χ2v) is 5.11. The molecule has 1 aromatic carbocycles. The van der Waals surface area contributed by atoms with Gasteiger partial charge in [-0.05, 0) is 37.0 Å². The van der Waals surface area contributed by atoms with Crippen molar-refractivity contribution in [1.29, 1.82) is 0 Å². The molecule has 0 heterocycles. The zero-order valence-electron chi connectivity index (χ0n) is 12.3. The van der Waals surface area contributed by atoms with Gasteiger partial charge in [0.25, 0.3) is 5.91 Å². The van der Waals surface area contributed by atoms with Crippen molar-refractivity contribution in [3.8, 4) is 5.75 Å². The molecular formula is C15H21NO4. The predicted molar refractivity (Wildman–Crippen MR) is 76.0 cm³/mol. The topological polar surface area (TPSA) is 75.6 Å². The van der Waals surface area contributed by atoms with Crippen molar-refractivity contribution in [2.45, 2.75) is 39.7 Å². The molecule has 110 valence electrons. The van der Waals surface area contributed by atoms with Crippen molar-refractivity contribution in [3.05, 3.63) is 29.3 Å². The highest BCUT2D eigenvalue weighted by Gasteiger charge is 2.15. The number of rotatable bonds is 6. The molecule has 0 spiro atoms. The lowest BCUT2D eigenvalue weighted by Crippen LogP contribution is -2.40. The summed E-state index contributed by atoms with van der Waals surface area (Å²) in [4.78, 5) is 22.2. The van der Waals surface area contributed by atoms with E-state index in [0.29, 0.717) is 5.75 Å². The van der Waals surface area contributed by atoms with Crippen LogP contribution >= 0.6 is 0 Å². The predicted octanol–water partition coefficient (Wildman–Crippen LogP) is 2.09. The second kappa shape index (κ2) is 6.93. The van der Waals surface area contributed by atoms with Gasteiger partial charge in [-0.25, -0.2) is 0 Å². The molecule has 2 N–H and O–H groups in total. The van der Waals surface area contributed by atoms with E-state index in [9.17, 15) is 9.59 Å². The van der Waals surface area contributed by atoms with E-state index >= 15 is 0 Å². The van der Waals surface area contributed by atoms with Crippen LogP contribution in [0.3, 0.4) is 0 Å². The average molecular weight is 279 g/mol. The standard InChI is InChI=1S/C15H21NO4/c1-9(2)12-6-5-10(3)7-13(12)20-8-14(17)16-11(4)15(18)19/h5-7,9,11H,8H2,1-4H3,(H,16,17)(H,18,19). The van der Waals surface area contributed by atoms with Crippen LogP contribution < -0.4 is 10.1 Å². The van der Waals surface area contributed by atoms with E-state index < -0.39 is 17.9 Å². The third-order valence-corrected chi connectivity index (χ3v) is 2.90. The Morgan fingerprint density at radius 3 is 2.50 bits per heavy atom. The lowest BCUT2D eigenvalue weighted by molar-refractivity contribution is -0.141. The molecule has 0 bridgehead atoms. The van der Waals surface area contributed by atoms with Crippen molar-refractivity contribution in [2.75, 3.05) is 6.61 Å². The summed E-state index contributed by atoms with van der Waals surface area (Å²) in [5, 5.41) is 11.1. The molecule has 0 aliphatic rings. The number of amides is 1. The number of aliphatic carboxylic acids is 1. The number of hydrogen-bond donors (Lipinski definition) is 2. The monoisotopic (exact) mass is 279 g/mol. The van der Waals surface area contributed by atoms with Crippen LogP contribution in [0.2, 0.25) is 0 Å². The molecule has 0 saturated carbocycles. The van der Waals surface area contributed by atoms with E-state index in [1.807, 2.05) is 39.0 Å². The van der Waals surface area contributed by atoms with Crippen molar-refractivity contribution >= 4 is 11.9 Å². The molecule has 5 heteroatoms. The molecule has 1 rings (SSSR count). The fourth-order valence-corrected chi connectivity index (χ4v) is 1.73. The number of carbonyl (C=O) groups is 2. The first kappa shape index (κ1) is 16.0. The highest BCUT2D eigenvalue weighted by atomic mass is 16.5. The lowest BCUT2D eigenvalue weighted by Gasteiger charge is -2.15. The number of aryl methyl sites for hydroxylation is 1. The Morgan fingerprint density at radius 2 is 1.95 bits per heavy atom. The van der Waals surface area contributed by atoms with Gasteiger partial charge < -0.3 is 15.2 Å². The summed E-state index contributed by atoms with van der Waals surface area (Å²) in [5.41, 5.74) is 2.07. The van der Waals surface area contributed by atoms with Gasteiger partial charge in [0.2, 0.25) is 0 Å². The Hall–Kier alpha value is -2.04. The van der Waals surface area contributed by atoms with Gasteiger partial charge in [0.15, 0.2) is 6.61 Å². The molecular weight excluding hydrogens is 258 g/mol. The van der Waals surface area contributed by atoms with E-state index in [4.69, 9.17) is 9.84 Å². The normalized spacial score (nSPS) is 12.1. The first-order chi connectivity index (χ1) is 9.31. The van der Waals surface area contributed by atoms with E-state index in [1.54, 1.807) is 0 Å². The summed E-state index contributed by atoms with van der Waals surface area (Å²) in [6.45, 7) is 7.25. The van der Waals surface area contributed by atoms with Gasteiger partial charge >= 0.3 is 5.97 Å². The van der Waals surface area contributed by atoms with Gasteiger partial charge in [-0.3, -0.25) is 9.59 Å². The van der Waals surface area contributed by atoms with E-state index in [0.717, 1.165) is 11.1 Å². The van der Waals surface area contributed by atoms with Crippen LogP contribution in [-0.4, -0.2) is 29.6 Å². The fourth-order valence-electron chi connectivity index (χ4n) is 1.73. The molecule has 5 nitrogen and oxygen atoms in total. The number of carboxylic acids is 1. The van der Waals surface area contributed by atoms with Gasteiger partial charge in [-0.1, -0.05) is 26.0 Å². The summed E-state index contributed by atoms with van der Waals surface area (Å²) in [6, 6.07) is 4.93. The van der Waals surface area contributed by atoms with Crippen LogP contribution in [0.4, 0.5) is 0 Å². The molecule has 1 amide bonds. The van der Waals surface area contributed by atoms with Crippen LogP contribution in [0.25, 0.3) is 0 Å². The zero-order valence-corrected chi connectivity index (χ0v) is 12.3. The van der Waals surface area contributed by atoms with Crippen molar-refractivity contribution in [1.82, 2.24) is 5.32 Å². The number of ether oxygens (including phenoxy) is 1. The fraction of sp³-hybridized carbons (Fsp3) is 0.467. The van der Waals surface area contributed by atoms with Gasteiger partial charge in [-0.15, -0.1) is 0 Å². The number of carboxylic acid groups (broad SMARTS) is 1. The van der Waals surface area contributed by atoms with Crippen molar-refractivity contribution < 1.29 is 19.4 Å². The summed E-state index contributed by atoms with van der Waals surface area (Å²) < 4.78 is 5.52. The maximum Gasteiger partial charge on any atom is 0.325 e.